The highest BCUT2D eigenvalue weighted by Gasteiger charge is 1.99. The molecule has 0 spiro atoms. The Balaban J connectivity index is 0.00000220. The van der Waals surface area contributed by atoms with E-state index in [1.54, 1.807) is 6.08 Å². The molecule has 4 heteroatoms. The highest BCUT2D eigenvalue weighted by atomic mass is 35.5. The van der Waals surface area contributed by atoms with Crippen molar-refractivity contribution in [1.82, 2.24) is 5.32 Å². The number of ether oxygens (including phenoxy) is 1. The van der Waals surface area contributed by atoms with E-state index in [1.165, 1.54) is 5.56 Å². The van der Waals surface area contributed by atoms with Gasteiger partial charge in [0.25, 0.3) is 0 Å². The van der Waals surface area contributed by atoms with Gasteiger partial charge in [0.05, 0.1) is 0 Å². The summed E-state index contributed by atoms with van der Waals surface area (Å²) in [6.45, 7) is 5.71. The third-order valence-electron chi connectivity index (χ3n) is 2.89. The van der Waals surface area contributed by atoms with Gasteiger partial charge in [0.2, 0.25) is 0 Å². The predicted molar refractivity (Wildman–Crippen MR) is 84.1 cm³/mol. The summed E-state index contributed by atoms with van der Waals surface area (Å²) in [4.78, 5) is 0. The van der Waals surface area contributed by atoms with Gasteiger partial charge < -0.3 is 22.5 Å². The van der Waals surface area contributed by atoms with Gasteiger partial charge in [0.1, 0.15) is 12.4 Å². The van der Waals surface area contributed by atoms with Gasteiger partial charge in [-0.15, -0.1) is 0 Å². The maximum absolute atomic E-state index is 6.11. The van der Waals surface area contributed by atoms with Crippen LogP contribution in [0.5, 0.6) is 5.75 Å². The SMILES string of the molecule is C=CCOc1ccc(CNCc2ccccc2Cl)cc1.[Cl-]. The Morgan fingerprint density at radius 2 is 1.76 bits per heavy atom. The smallest absolute Gasteiger partial charge is 0.119 e. The first kappa shape index (κ1) is 17.6. The molecule has 21 heavy (non-hydrogen) atoms. The summed E-state index contributed by atoms with van der Waals surface area (Å²) in [6, 6.07) is 15.9. The largest absolute Gasteiger partial charge is 1.00 e. The first-order valence-electron chi connectivity index (χ1n) is 6.56. The molecule has 0 radical (unpaired) electrons. The molecule has 0 fully saturated rings. The molecule has 112 valence electrons. The van der Waals surface area contributed by atoms with Crippen LogP contribution in [-0.2, 0) is 13.1 Å². The first-order valence-corrected chi connectivity index (χ1v) is 6.94. The lowest BCUT2D eigenvalue weighted by Gasteiger charge is -2.08. The van der Waals surface area contributed by atoms with Crippen molar-refractivity contribution in [3.8, 4) is 5.75 Å². The van der Waals surface area contributed by atoms with Crippen LogP contribution in [0.25, 0.3) is 0 Å². The van der Waals surface area contributed by atoms with Gasteiger partial charge in [-0.25, -0.2) is 0 Å². The van der Waals surface area contributed by atoms with Crippen molar-refractivity contribution in [2.45, 2.75) is 13.1 Å². The van der Waals surface area contributed by atoms with E-state index < -0.39 is 0 Å². The highest BCUT2D eigenvalue weighted by molar-refractivity contribution is 6.31. The second-order valence-corrected chi connectivity index (χ2v) is 4.85. The minimum Gasteiger partial charge on any atom is -1.00 e. The van der Waals surface area contributed by atoms with Crippen LogP contribution in [-0.4, -0.2) is 6.61 Å². The zero-order chi connectivity index (χ0) is 14.2. The Morgan fingerprint density at radius 1 is 1.05 bits per heavy atom. The number of hydrogen-bond donors (Lipinski definition) is 1. The molecule has 0 saturated carbocycles. The third-order valence-corrected chi connectivity index (χ3v) is 3.26. The summed E-state index contributed by atoms with van der Waals surface area (Å²) in [5, 5.41) is 4.18. The fraction of sp³-hybridized carbons (Fsp3) is 0.176. The summed E-state index contributed by atoms with van der Waals surface area (Å²) in [7, 11) is 0. The number of benzene rings is 2. The van der Waals surface area contributed by atoms with Crippen LogP contribution in [0.3, 0.4) is 0 Å². The van der Waals surface area contributed by atoms with E-state index in [1.807, 2.05) is 36.4 Å². The average Bonchev–Trinajstić information content (AvgIpc) is 2.48. The molecular formula is C17H18Cl2NO-. The maximum Gasteiger partial charge on any atom is 0.119 e. The van der Waals surface area contributed by atoms with Crippen LogP contribution >= 0.6 is 11.6 Å². The Bertz CT molecular complexity index is 555. The molecule has 0 amide bonds. The molecule has 2 nitrogen and oxygen atoms in total. The van der Waals surface area contributed by atoms with Gasteiger partial charge in [-0.1, -0.05) is 54.6 Å². The van der Waals surface area contributed by atoms with Crippen molar-refractivity contribution in [3.05, 3.63) is 77.3 Å². The van der Waals surface area contributed by atoms with E-state index in [4.69, 9.17) is 16.3 Å². The van der Waals surface area contributed by atoms with Crippen molar-refractivity contribution in [1.29, 1.82) is 0 Å². The minimum absolute atomic E-state index is 0. The quantitative estimate of drug-likeness (QED) is 0.773. The van der Waals surface area contributed by atoms with E-state index in [0.717, 1.165) is 29.4 Å². The van der Waals surface area contributed by atoms with Crippen LogP contribution in [0.2, 0.25) is 5.02 Å². The predicted octanol–water partition coefficient (Wildman–Crippen LogP) is 1.20. The maximum atomic E-state index is 6.11. The van der Waals surface area contributed by atoms with E-state index in [0.29, 0.717) is 6.61 Å². The van der Waals surface area contributed by atoms with Crippen molar-refractivity contribution in [2.75, 3.05) is 6.61 Å². The molecule has 0 bridgehead atoms. The van der Waals surface area contributed by atoms with Crippen molar-refractivity contribution < 1.29 is 17.1 Å². The number of halogens is 2. The molecular weight excluding hydrogens is 305 g/mol. The lowest BCUT2D eigenvalue weighted by Crippen LogP contribution is -3.00. The van der Waals surface area contributed by atoms with Crippen LogP contribution in [0.4, 0.5) is 0 Å². The fourth-order valence-electron chi connectivity index (χ4n) is 1.84. The van der Waals surface area contributed by atoms with E-state index in [2.05, 4.69) is 24.0 Å². The monoisotopic (exact) mass is 322 g/mol. The van der Waals surface area contributed by atoms with Crippen molar-refractivity contribution >= 4 is 11.6 Å². The summed E-state index contributed by atoms with van der Waals surface area (Å²) >= 11 is 6.11. The lowest BCUT2D eigenvalue weighted by atomic mass is 10.2. The second-order valence-electron chi connectivity index (χ2n) is 4.44. The molecule has 2 aromatic carbocycles. The van der Waals surface area contributed by atoms with Crippen molar-refractivity contribution in [3.63, 3.8) is 0 Å². The molecule has 2 aromatic rings. The van der Waals surface area contributed by atoms with Gasteiger partial charge in [0, 0.05) is 18.1 Å². The van der Waals surface area contributed by atoms with E-state index in [-0.39, 0.29) is 12.4 Å². The molecule has 0 aliphatic rings. The summed E-state index contributed by atoms with van der Waals surface area (Å²) in [5.41, 5.74) is 2.32. The molecule has 0 heterocycles. The molecule has 0 aliphatic heterocycles. The Labute approximate surface area is 137 Å². The summed E-state index contributed by atoms with van der Waals surface area (Å²) in [6.07, 6.45) is 1.74. The van der Waals surface area contributed by atoms with Gasteiger partial charge in [-0.3, -0.25) is 0 Å². The topological polar surface area (TPSA) is 21.3 Å². The van der Waals surface area contributed by atoms with Gasteiger partial charge >= 0.3 is 0 Å². The van der Waals surface area contributed by atoms with E-state index >= 15 is 0 Å². The first-order chi connectivity index (χ1) is 9.79. The Hall–Kier alpha value is -1.48. The Morgan fingerprint density at radius 3 is 2.43 bits per heavy atom. The van der Waals surface area contributed by atoms with Gasteiger partial charge in [-0.05, 0) is 29.3 Å². The van der Waals surface area contributed by atoms with Crippen LogP contribution in [0, 0.1) is 0 Å². The van der Waals surface area contributed by atoms with Crippen LogP contribution in [0.15, 0.2) is 61.2 Å². The third kappa shape index (κ3) is 5.80. The van der Waals surface area contributed by atoms with Crippen LogP contribution < -0.4 is 22.5 Å². The molecule has 1 N–H and O–H groups in total. The molecule has 0 aromatic heterocycles. The summed E-state index contributed by atoms with van der Waals surface area (Å²) < 4.78 is 5.44. The summed E-state index contributed by atoms with van der Waals surface area (Å²) in [5.74, 6) is 0.861. The van der Waals surface area contributed by atoms with Crippen molar-refractivity contribution in [2.24, 2.45) is 0 Å². The molecule has 0 saturated heterocycles. The second kappa shape index (κ2) is 9.46. The fourth-order valence-corrected chi connectivity index (χ4v) is 2.04. The number of nitrogens with one attached hydrogen (secondary N) is 1. The normalized spacial score (nSPS) is 9.76. The minimum atomic E-state index is 0. The molecule has 0 atom stereocenters. The average molecular weight is 323 g/mol. The van der Waals surface area contributed by atoms with E-state index in [9.17, 15) is 0 Å². The number of hydrogen-bond acceptors (Lipinski definition) is 2. The zero-order valence-electron chi connectivity index (χ0n) is 11.7. The van der Waals surface area contributed by atoms with Crippen LogP contribution in [0.1, 0.15) is 11.1 Å². The standard InChI is InChI=1S/C17H18ClNO.ClH/c1-2-11-20-16-9-7-14(8-10-16)12-19-13-15-5-3-4-6-17(15)18;/h2-10,19H,1,11-13H2;1H/p-1. The zero-order valence-corrected chi connectivity index (χ0v) is 13.2. The van der Waals surface area contributed by atoms with Gasteiger partial charge in [-0.2, -0.15) is 0 Å². The highest BCUT2D eigenvalue weighted by Crippen LogP contribution is 2.15. The molecule has 0 aliphatic carbocycles. The molecule has 2 rings (SSSR count). The Kier molecular flexibility index (Phi) is 7.91. The van der Waals surface area contributed by atoms with Gasteiger partial charge in [0.15, 0.2) is 0 Å². The lowest BCUT2D eigenvalue weighted by molar-refractivity contribution is -0.00000438. The molecule has 0 unspecified atom stereocenters. The number of rotatable bonds is 7.